The third-order valence-corrected chi connectivity index (χ3v) is 11.0. The fourth-order valence-corrected chi connectivity index (χ4v) is 9.42. The van der Waals surface area contributed by atoms with Crippen LogP contribution in [0.1, 0.15) is 5.56 Å². The van der Waals surface area contributed by atoms with Crippen LogP contribution in [0.25, 0.3) is 33.2 Å². The number of aromatic nitrogens is 1. The Morgan fingerprint density at radius 3 is 2.50 bits per heavy atom. The van der Waals surface area contributed by atoms with Gasteiger partial charge in [-0.05, 0) is 0 Å². The van der Waals surface area contributed by atoms with Gasteiger partial charge in [-0.1, -0.05) is 0 Å². The molecule has 0 aliphatic carbocycles. The zero-order valence-electron chi connectivity index (χ0n) is 20.1. The number of furan rings is 1. The summed E-state index contributed by atoms with van der Waals surface area (Å²) in [7, 11) is 2.10. The number of anilines is 2. The average molecular weight is 522 g/mol. The molecule has 4 aromatic carbocycles. The molecule has 3 nitrogen and oxygen atoms in total. The number of aryl methyl sites for hydroxylation is 2. The van der Waals surface area contributed by atoms with Crippen molar-refractivity contribution < 1.29 is 8.98 Å². The fourth-order valence-electron chi connectivity index (χ4n) is 6.20. The van der Waals surface area contributed by atoms with Crippen LogP contribution in [0.5, 0.6) is 0 Å². The molecule has 2 aliphatic heterocycles. The molecular formula is C31H22BGeN2O+. The molecule has 0 saturated heterocycles. The molecule has 6 aromatic rings. The van der Waals surface area contributed by atoms with Crippen LogP contribution >= 0.6 is 0 Å². The predicted octanol–water partition coefficient (Wildman–Crippen LogP) is 2.93. The first-order valence-electron chi connectivity index (χ1n) is 12.4. The zero-order valence-corrected chi connectivity index (χ0v) is 22.2. The zero-order chi connectivity index (χ0) is 24.0. The van der Waals surface area contributed by atoms with Gasteiger partial charge in [0.15, 0.2) is 0 Å². The van der Waals surface area contributed by atoms with Gasteiger partial charge in [-0.3, -0.25) is 0 Å². The Kier molecular flexibility index (Phi) is 4.18. The average Bonchev–Trinajstić information content (AvgIpc) is 3.28. The summed E-state index contributed by atoms with van der Waals surface area (Å²) in [6.45, 7) is 2.43. The number of hydrogen-bond acceptors (Lipinski definition) is 2. The van der Waals surface area contributed by atoms with Gasteiger partial charge in [0.1, 0.15) is 0 Å². The van der Waals surface area contributed by atoms with Crippen LogP contribution in [0.2, 0.25) is 0 Å². The number of fused-ring (bicyclic) bond motifs is 8. The normalized spacial score (nSPS) is 13.3. The number of nitrogens with one attached hydrogen (secondary N) is 1. The molecule has 8 rings (SSSR count). The van der Waals surface area contributed by atoms with Crippen LogP contribution in [0.3, 0.4) is 0 Å². The summed E-state index contributed by atoms with van der Waals surface area (Å²) in [5, 5.41) is 6.13. The van der Waals surface area contributed by atoms with Gasteiger partial charge in [-0.15, -0.1) is 0 Å². The second-order valence-electron chi connectivity index (χ2n) is 9.88. The SMILES string of the molecule is Cc1ccc2c(oc3[c]4c(ccc32)B2c3ccccc3Nc3ccc[c](c32)[Ge]4)c1-c1cccc[n+]1C. The van der Waals surface area contributed by atoms with Crippen molar-refractivity contribution in [2.75, 3.05) is 5.32 Å². The molecule has 0 atom stereocenters. The predicted molar refractivity (Wildman–Crippen MR) is 151 cm³/mol. The van der Waals surface area contributed by atoms with E-state index in [0.29, 0.717) is 0 Å². The van der Waals surface area contributed by atoms with Crippen molar-refractivity contribution in [2.24, 2.45) is 7.05 Å². The summed E-state index contributed by atoms with van der Waals surface area (Å²) in [5.41, 5.74) is 12.4. The molecule has 36 heavy (non-hydrogen) atoms. The Morgan fingerprint density at radius 1 is 0.778 bits per heavy atom. The Labute approximate surface area is 216 Å². The first-order chi connectivity index (χ1) is 17.7. The van der Waals surface area contributed by atoms with Gasteiger partial charge >= 0.3 is 217 Å². The van der Waals surface area contributed by atoms with Crippen LogP contribution in [0, 0.1) is 6.92 Å². The van der Waals surface area contributed by atoms with E-state index in [9.17, 15) is 0 Å². The van der Waals surface area contributed by atoms with Crippen molar-refractivity contribution in [1.82, 2.24) is 0 Å². The van der Waals surface area contributed by atoms with E-state index in [4.69, 9.17) is 4.42 Å². The Morgan fingerprint density at radius 2 is 1.58 bits per heavy atom. The standard InChI is InChI=1S/C31H22BGeN2O/c1-18-13-14-19-20-15-16-22-29(31(20)36-30(19)27(18)26-12-5-6-17-35(26)2)33-23-9-7-11-25-28(23)32(22)21-8-3-4-10-24(21)34-25/h3-17,34H,1-2H3/q+1. The Balaban J connectivity index is 1.45. The van der Waals surface area contributed by atoms with Crippen LogP contribution in [-0.4, -0.2) is 22.1 Å². The van der Waals surface area contributed by atoms with Crippen LogP contribution in [0.4, 0.5) is 11.4 Å². The summed E-state index contributed by atoms with van der Waals surface area (Å²) in [6, 6.07) is 31.0. The van der Waals surface area contributed by atoms with Crippen molar-refractivity contribution >= 4 is 80.6 Å². The van der Waals surface area contributed by atoms with E-state index in [0.717, 1.165) is 11.2 Å². The number of hydrogen-bond donors (Lipinski definition) is 1. The van der Waals surface area contributed by atoms with Gasteiger partial charge in [0.2, 0.25) is 0 Å². The van der Waals surface area contributed by atoms with E-state index in [2.05, 4.69) is 115 Å². The van der Waals surface area contributed by atoms with Crippen molar-refractivity contribution in [2.45, 2.75) is 6.92 Å². The van der Waals surface area contributed by atoms with E-state index in [1.54, 1.807) is 0 Å². The van der Waals surface area contributed by atoms with Gasteiger partial charge in [0.05, 0.1) is 0 Å². The molecule has 2 radical (unpaired) electrons. The van der Waals surface area contributed by atoms with Crippen molar-refractivity contribution in [3.63, 3.8) is 0 Å². The molecule has 0 spiro atoms. The minimum absolute atomic E-state index is 0.242. The van der Waals surface area contributed by atoms with E-state index in [1.807, 2.05) is 0 Å². The summed E-state index contributed by atoms with van der Waals surface area (Å²) in [4.78, 5) is 0. The number of benzene rings is 4. The van der Waals surface area contributed by atoms with Crippen molar-refractivity contribution in [3.05, 3.63) is 96.7 Å². The number of para-hydroxylation sites is 1. The van der Waals surface area contributed by atoms with Crippen LogP contribution < -0.4 is 35.1 Å². The Hall–Kier alpha value is -3.76. The summed E-state index contributed by atoms with van der Waals surface area (Å²) in [5.74, 6) is 0. The van der Waals surface area contributed by atoms with E-state index >= 15 is 0 Å². The van der Waals surface area contributed by atoms with Crippen LogP contribution in [0.15, 0.2) is 95.5 Å². The molecule has 1 N–H and O–H groups in total. The van der Waals surface area contributed by atoms with Crippen molar-refractivity contribution in [3.8, 4) is 11.3 Å². The van der Waals surface area contributed by atoms with Gasteiger partial charge in [-0.25, -0.2) is 0 Å². The molecule has 2 aliphatic rings. The minimum atomic E-state index is -0.563. The van der Waals surface area contributed by atoms with Gasteiger partial charge < -0.3 is 0 Å². The van der Waals surface area contributed by atoms with E-state index < -0.39 is 15.4 Å². The molecule has 2 aromatic heterocycles. The second-order valence-corrected chi connectivity index (χ2v) is 12.6. The molecule has 5 heteroatoms. The number of nitrogens with zero attached hydrogens (tertiary/aromatic N) is 1. The van der Waals surface area contributed by atoms with E-state index in [1.165, 1.54) is 64.1 Å². The molecule has 0 unspecified atom stereocenters. The van der Waals surface area contributed by atoms with Crippen LogP contribution in [-0.2, 0) is 7.05 Å². The molecule has 4 heterocycles. The maximum absolute atomic E-state index is 6.92. The fraction of sp³-hybridized carbons (Fsp3) is 0.0645. The van der Waals surface area contributed by atoms with E-state index in [-0.39, 0.29) is 6.71 Å². The summed E-state index contributed by atoms with van der Waals surface area (Å²) >= 11 is -0.563. The molecule has 0 fully saturated rings. The number of rotatable bonds is 1. The third kappa shape index (κ3) is 2.68. The van der Waals surface area contributed by atoms with Crippen molar-refractivity contribution in [1.29, 1.82) is 0 Å². The monoisotopic (exact) mass is 523 g/mol. The quantitative estimate of drug-likeness (QED) is 0.266. The maximum atomic E-state index is 6.92. The molecule has 0 amide bonds. The topological polar surface area (TPSA) is 29.1 Å². The Bertz CT molecular complexity index is 1890. The molecular weight excluding hydrogens is 500 g/mol. The second kappa shape index (κ2) is 7.37. The molecule has 0 bridgehead atoms. The molecule has 0 saturated carbocycles. The summed E-state index contributed by atoms with van der Waals surface area (Å²) < 4.78 is 12.0. The third-order valence-electron chi connectivity index (χ3n) is 7.87. The first kappa shape index (κ1) is 20.4. The summed E-state index contributed by atoms with van der Waals surface area (Å²) in [6.07, 6.45) is 2.10. The van der Waals surface area contributed by atoms with Gasteiger partial charge in [-0.2, -0.15) is 0 Å². The van der Waals surface area contributed by atoms with Gasteiger partial charge in [0, 0.05) is 0 Å². The van der Waals surface area contributed by atoms with Gasteiger partial charge in [0.25, 0.3) is 0 Å². The molecule has 168 valence electrons. The number of pyridine rings is 1. The first-order valence-corrected chi connectivity index (χ1v) is 14.5.